The average Bonchev–Trinajstić information content (AvgIpc) is 2.49. The first-order valence-electron chi connectivity index (χ1n) is 5.75. The second-order valence-electron chi connectivity index (χ2n) is 3.81. The van der Waals surface area contributed by atoms with E-state index in [9.17, 15) is 0 Å². The summed E-state index contributed by atoms with van der Waals surface area (Å²) in [5.74, 6) is 1.57. The summed E-state index contributed by atoms with van der Waals surface area (Å²) in [7, 11) is 1.58. The van der Waals surface area contributed by atoms with Crippen LogP contribution >= 0.6 is 35.0 Å². The number of methoxy groups -OCH3 is 1. The molecule has 0 atom stereocenters. The number of rotatable bonds is 5. The lowest BCUT2D eigenvalue weighted by Crippen LogP contribution is -2.01. The Labute approximate surface area is 131 Å². The number of anilines is 2. The van der Waals surface area contributed by atoms with Crippen LogP contribution in [0, 0.1) is 0 Å². The van der Waals surface area contributed by atoms with Gasteiger partial charge in [0.1, 0.15) is 16.6 Å². The maximum absolute atomic E-state index is 6.26. The fourth-order valence-electron chi connectivity index (χ4n) is 1.59. The highest BCUT2D eigenvalue weighted by molar-refractivity contribution is 7.98. The lowest BCUT2D eigenvalue weighted by atomic mass is 10.2. The second kappa shape index (κ2) is 7.02. The van der Waals surface area contributed by atoms with Gasteiger partial charge in [-0.25, -0.2) is 9.97 Å². The fourth-order valence-corrected chi connectivity index (χ4v) is 2.37. The van der Waals surface area contributed by atoms with E-state index in [2.05, 4.69) is 15.3 Å². The molecule has 20 heavy (non-hydrogen) atoms. The quantitative estimate of drug-likeness (QED) is 0.502. The van der Waals surface area contributed by atoms with E-state index in [1.165, 1.54) is 11.8 Å². The molecule has 1 aromatic heterocycles. The molecule has 7 heteroatoms. The highest BCUT2D eigenvalue weighted by atomic mass is 35.5. The molecule has 0 radical (unpaired) electrons. The van der Waals surface area contributed by atoms with Crippen LogP contribution in [0.1, 0.15) is 5.56 Å². The van der Waals surface area contributed by atoms with E-state index in [4.69, 9.17) is 27.9 Å². The average molecular weight is 330 g/mol. The molecule has 0 aliphatic carbocycles. The van der Waals surface area contributed by atoms with Crippen LogP contribution in [0.3, 0.4) is 0 Å². The first-order valence-corrected chi connectivity index (χ1v) is 7.88. The largest absolute Gasteiger partial charge is 0.495 e. The van der Waals surface area contributed by atoms with Gasteiger partial charge in [-0.15, -0.1) is 11.6 Å². The summed E-state index contributed by atoms with van der Waals surface area (Å²) in [4.78, 5) is 8.61. The molecule has 0 saturated carbocycles. The van der Waals surface area contributed by atoms with Crippen LogP contribution in [-0.2, 0) is 5.88 Å². The minimum absolute atomic E-state index is 0.318. The van der Waals surface area contributed by atoms with Crippen LogP contribution < -0.4 is 10.1 Å². The van der Waals surface area contributed by atoms with E-state index in [1.54, 1.807) is 19.4 Å². The van der Waals surface area contributed by atoms with Crippen LogP contribution in [-0.4, -0.2) is 23.3 Å². The van der Waals surface area contributed by atoms with Gasteiger partial charge in [-0.1, -0.05) is 29.4 Å². The van der Waals surface area contributed by atoms with E-state index in [0.29, 0.717) is 33.3 Å². The number of alkyl halides is 1. The summed E-state index contributed by atoms with van der Waals surface area (Å²) in [5, 5.41) is 4.35. The van der Waals surface area contributed by atoms with Crippen LogP contribution in [0.5, 0.6) is 5.75 Å². The Balaban J connectivity index is 2.38. The molecule has 0 aliphatic heterocycles. The Bertz CT molecular complexity index is 610. The smallest absolute Gasteiger partial charge is 0.189 e. The van der Waals surface area contributed by atoms with Crippen molar-refractivity contribution in [2.75, 3.05) is 18.7 Å². The third-order valence-corrected chi connectivity index (χ3v) is 3.84. The lowest BCUT2D eigenvalue weighted by Gasteiger charge is -2.13. The topological polar surface area (TPSA) is 47.0 Å². The lowest BCUT2D eigenvalue weighted by molar-refractivity contribution is 0.415. The van der Waals surface area contributed by atoms with Gasteiger partial charge in [0.15, 0.2) is 5.16 Å². The van der Waals surface area contributed by atoms with E-state index < -0.39 is 0 Å². The molecule has 1 heterocycles. The minimum Gasteiger partial charge on any atom is -0.495 e. The predicted octanol–water partition coefficient (Wildman–Crippen LogP) is 4.34. The first kappa shape index (κ1) is 15.2. The van der Waals surface area contributed by atoms with E-state index >= 15 is 0 Å². The van der Waals surface area contributed by atoms with Gasteiger partial charge in [0.25, 0.3) is 0 Å². The normalized spacial score (nSPS) is 10.4. The number of halogens is 2. The Hall–Kier alpha value is -1.17. The maximum Gasteiger partial charge on any atom is 0.189 e. The van der Waals surface area contributed by atoms with Gasteiger partial charge in [-0.05, 0) is 18.4 Å². The van der Waals surface area contributed by atoms with Gasteiger partial charge in [0, 0.05) is 11.8 Å². The van der Waals surface area contributed by atoms with Gasteiger partial charge in [0.05, 0.1) is 18.7 Å². The van der Waals surface area contributed by atoms with Crippen molar-refractivity contribution < 1.29 is 4.74 Å². The molecule has 2 aromatic rings. The molecule has 0 fully saturated rings. The van der Waals surface area contributed by atoms with Gasteiger partial charge in [-0.2, -0.15) is 0 Å². The van der Waals surface area contributed by atoms with Gasteiger partial charge in [0.2, 0.25) is 0 Å². The van der Waals surface area contributed by atoms with Crippen molar-refractivity contribution in [1.82, 2.24) is 9.97 Å². The number of benzene rings is 1. The third-order valence-electron chi connectivity index (χ3n) is 2.61. The predicted molar refractivity (Wildman–Crippen MR) is 84.7 cm³/mol. The molecular weight excluding hydrogens is 317 g/mol. The van der Waals surface area contributed by atoms with Gasteiger partial charge >= 0.3 is 0 Å². The number of aromatic nitrogens is 2. The molecule has 0 amide bonds. The van der Waals surface area contributed by atoms with Crippen molar-refractivity contribution in [3.8, 4) is 5.75 Å². The molecular formula is C13H13Cl2N3OS. The molecule has 1 aromatic carbocycles. The van der Waals surface area contributed by atoms with Crippen molar-refractivity contribution in [2.45, 2.75) is 11.0 Å². The van der Waals surface area contributed by atoms with Crippen molar-refractivity contribution in [3.05, 3.63) is 35.0 Å². The van der Waals surface area contributed by atoms with E-state index in [0.717, 1.165) is 5.56 Å². The Morgan fingerprint density at radius 2 is 2.20 bits per heavy atom. The minimum atomic E-state index is 0.318. The zero-order valence-electron chi connectivity index (χ0n) is 11.0. The second-order valence-corrected chi connectivity index (χ2v) is 5.23. The zero-order chi connectivity index (χ0) is 14.5. The van der Waals surface area contributed by atoms with E-state index in [1.807, 2.05) is 18.4 Å². The Morgan fingerprint density at radius 1 is 1.40 bits per heavy atom. The molecule has 106 valence electrons. The summed E-state index contributed by atoms with van der Waals surface area (Å²) in [5.41, 5.74) is 1.52. The number of ether oxygens (including phenoxy) is 1. The number of hydrogen-bond acceptors (Lipinski definition) is 5. The van der Waals surface area contributed by atoms with E-state index in [-0.39, 0.29) is 0 Å². The van der Waals surface area contributed by atoms with Crippen molar-refractivity contribution in [3.63, 3.8) is 0 Å². The SMILES string of the molecule is COc1cccc(Nc2nc(SC)ncc2CCl)c1Cl. The van der Waals surface area contributed by atoms with Crippen LogP contribution in [0.15, 0.2) is 29.6 Å². The molecule has 2 rings (SSSR count). The summed E-state index contributed by atoms with van der Waals surface area (Å²) in [6.45, 7) is 0. The molecule has 4 nitrogen and oxygen atoms in total. The Kier molecular flexibility index (Phi) is 5.34. The number of hydrogen-bond donors (Lipinski definition) is 1. The first-order chi connectivity index (χ1) is 9.69. The van der Waals surface area contributed by atoms with Crippen molar-refractivity contribution in [1.29, 1.82) is 0 Å². The maximum atomic E-state index is 6.26. The van der Waals surface area contributed by atoms with Crippen LogP contribution in [0.25, 0.3) is 0 Å². The fraction of sp³-hybridized carbons (Fsp3) is 0.231. The van der Waals surface area contributed by atoms with Gasteiger partial charge in [-0.3, -0.25) is 0 Å². The molecule has 1 N–H and O–H groups in total. The number of nitrogens with zero attached hydrogens (tertiary/aromatic N) is 2. The summed E-state index contributed by atoms with van der Waals surface area (Å²) < 4.78 is 5.19. The molecule has 0 spiro atoms. The van der Waals surface area contributed by atoms with Crippen LogP contribution in [0.2, 0.25) is 5.02 Å². The monoisotopic (exact) mass is 329 g/mol. The Morgan fingerprint density at radius 3 is 2.85 bits per heavy atom. The third kappa shape index (κ3) is 3.29. The zero-order valence-corrected chi connectivity index (χ0v) is 13.3. The highest BCUT2D eigenvalue weighted by Gasteiger charge is 2.11. The highest BCUT2D eigenvalue weighted by Crippen LogP contribution is 2.34. The van der Waals surface area contributed by atoms with Crippen molar-refractivity contribution >= 4 is 46.5 Å². The molecule has 0 bridgehead atoms. The number of thioether (sulfide) groups is 1. The summed E-state index contributed by atoms with van der Waals surface area (Å²) in [6.07, 6.45) is 3.63. The summed E-state index contributed by atoms with van der Waals surface area (Å²) in [6, 6.07) is 5.50. The number of nitrogens with one attached hydrogen (secondary N) is 1. The molecule has 0 saturated heterocycles. The molecule has 0 aliphatic rings. The van der Waals surface area contributed by atoms with Gasteiger partial charge < -0.3 is 10.1 Å². The standard InChI is InChI=1S/C13H13Cl2N3OS/c1-19-10-5-3-4-9(11(10)15)17-12-8(6-14)7-16-13(18-12)20-2/h3-5,7H,6H2,1-2H3,(H,16,17,18). The summed E-state index contributed by atoms with van der Waals surface area (Å²) >= 11 is 13.6. The van der Waals surface area contributed by atoms with Crippen LogP contribution in [0.4, 0.5) is 11.5 Å². The van der Waals surface area contributed by atoms with Crippen molar-refractivity contribution in [2.24, 2.45) is 0 Å². The molecule has 0 unspecified atom stereocenters.